The molecule has 0 aromatic heterocycles. The summed E-state index contributed by atoms with van der Waals surface area (Å²) in [7, 11) is 0. The van der Waals surface area contributed by atoms with E-state index in [2.05, 4.69) is 5.32 Å². The molecule has 1 amide bonds. The minimum atomic E-state index is 0. The minimum Gasteiger partial charge on any atom is -0.382 e. The first-order valence-corrected chi connectivity index (χ1v) is 5.91. The van der Waals surface area contributed by atoms with E-state index in [-0.39, 0.29) is 18.3 Å². The van der Waals surface area contributed by atoms with Gasteiger partial charge in [0.15, 0.2) is 0 Å². The zero-order valence-electron chi connectivity index (χ0n) is 10.0. The van der Waals surface area contributed by atoms with Gasteiger partial charge in [0.05, 0.1) is 0 Å². The van der Waals surface area contributed by atoms with Crippen molar-refractivity contribution >= 4 is 18.3 Å². The second-order valence-corrected chi connectivity index (χ2v) is 3.78. The maximum atomic E-state index is 11.8. The van der Waals surface area contributed by atoms with Crippen molar-refractivity contribution in [2.45, 2.75) is 26.2 Å². The van der Waals surface area contributed by atoms with Crippen LogP contribution in [0, 0.1) is 0 Å². The van der Waals surface area contributed by atoms with E-state index in [4.69, 9.17) is 4.74 Å². The molecule has 0 bridgehead atoms. The predicted molar refractivity (Wildman–Crippen MR) is 67.0 cm³/mol. The summed E-state index contributed by atoms with van der Waals surface area (Å²) in [6.07, 6.45) is 2.54. The molecule has 1 aliphatic rings. The van der Waals surface area contributed by atoms with E-state index in [9.17, 15) is 4.79 Å². The number of rotatable bonds is 5. The summed E-state index contributed by atoms with van der Waals surface area (Å²) in [5.41, 5.74) is 0. The van der Waals surface area contributed by atoms with Crippen LogP contribution in [0.2, 0.25) is 0 Å². The lowest BCUT2D eigenvalue weighted by Crippen LogP contribution is -2.34. The molecular weight excluding hydrogens is 228 g/mol. The van der Waals surface area contributed by atoms with Gasteiger partial charge in [-0.1, -0.05) is 0 Å². The SMILES string of the molecule is CCOCCCC(=O)N1CCCNCC1.Cl. The first kappa shape index (κ1) is 15.7. The average Bonchev–Trinajstić information content (AvgIpc) is 2.52. The number of ether oxygens (including phenoxy) is 1. The lowest BCUT2D eigenvalue weighted by Gasteiger charge is -2.19. The van der Waals surface area contributed by atoms with E-state index in [0.717, 1.165) is 45.6 Å². The van der Waals surface area contributed by atoms with Gasteiger partial charge in [-0.05, 0) is 26.3 Å². The van der Waals surface area contributed by atoms with Crippen molar-refractivity contribution in [2.75, 3.05) is 39.4 Å². The van der Waals surface area contributed by atoms with E-state index in [1.165, 1.54) is 0 Å². The Hall–Kier alpha value is -0.320. The number of carbonyl (C=O) groups is 1. The molecule has 1 rings (SSSR count). The van der Waals surface area contributed by atoms with Crippen molar-refractivity contribution in [3.8, 4) is 0 Å². The molecule has 1 fully saturated rings. The Morgan fingerprint density at radius 3 is 2.94 bits per heavy atom. The standard InChI is InChI=1S/C11H22N2O2.ClH/c1-2-15-10-3-5-11(14)13-8-4-6-12-7-9-13;/h12H,2-10H2,1H3;1H. The van der Waals surface area contributed by atoms with Gasteiger partial charge in [-0.3, -0.25) is 4.79 Å². The Balaban J connectivity index is 0.00000225. The molecular formula is C11H23ClN2O2. The molecule has 16 heavy (non-hydrogen) atoms. The lowest BCUT2D eigenvalue weighted by atomic mass is 10.2. The van der Waals surface area contributed by atoms with Gasteiger partial charge in [0.1, 0.15) is 0 Å². The molecule has 1 heterocycles. The Bertz CT molecular complexity index is 183. The molecule has 4 nitrogen and oxygen atoms in total. The van der Waals surface area contributed by atoms with Gasteiger partial charge >= 0.3 is 0 Å². The topological polar surface area (TPSA) is 41.6 Å². The summed E-state index contributed by atoms with van der Waals surface area (Å²) in [5, 5.41) is 3.29. The fraction of sp³-hybridized carbons (Fsp3) is 0.909. The van der Waals surface area contributed by atoms with Gasteiger partial charge in [-0.2, -0.15) is 0 Å². The average molecular weight is 251 g/mol. The van der Waals surface area contributed by atoms with Gasteiger partial charge in [0.2, 0.25) is 5.91 Å². The van der Waals surface area contributed by atoms with Crippen molar-refractivity contribution < 1.29 is 9.53 Å². The first-order valence-electron chi connectivity index (χ1n) is 5.91. The van der Waals surface area contributed by atoms with E-state index < -0.39 is 0 Å². The molecule has 1 aliphatic heterocycles. The summed E-state index contributed by atoms with van der Waals surface area (Å²) in [6, 6.07) is 0. The second-order valence-electron chi connectivity index (χ2n) is 3.78. The van der Waals surface area contributed by atoms with Crippen molar-refractivity contribution in [1.29, 1.82) is 0 Å². The van der Waals surface area contributed by atoms with Crippen molar-refractivity contribution in [2.24, 2.45) is 0 Å². The van der Waals surface area contributed by atoms with Crippen LogP contribution in [0.3, 0.4) is 0 Å². The van der Waals surface area contributed by atoms with Crippen LogP contribution in [-0.2, 0) is 9.53 Å². The molecule has 5 heteroatoms. The van der Waals surface area contributed by atoms with Crippen molar-refractivity contribution in [3.63, 3.8) is 0 Å². The third kappa shape index (κ3) is 6.30. The molecule has 1 saturated heterocycles. The van der Waals surface area contributed by atoms with Gasteiger partial charge in [0.25, 0.3) is 0 Å². The molecule has 0 spiro atoms. The zero-order valence-corrected chi connectivity index (χ0v) is 10.9. The number of nitrogens with zero attached hydrogens (tertiary/aromatic N) is 1. The van der Waals surface area contributed by atoms with Crippen molar-refractivity contribution in [3.05, 3.63) is 0 Å². The first-order chi connectivity index (χ1) is 7.34. The van der Waals surface area contributed by atoms with Crippen LogP contribution in [-0.4, -0.2) is 50.2 Å². The zero-order chi connectivity index (χ0) is 10.9. The van der Waals surface area contributed by atoms with Crippen LogP contribution < -0.4 is 5.32 Å². The highest BCUT2D eigenvalue weighted by Gasteiger charge is 2.14. The normalized spacial score (nSPS) is 16.4. The Morgan fingerprint density at radius 2 is 2.19 bits per heavy atom. The van der Waals surface area contributed by atoms with Gasteiger partial charge in [-0.15, -0.1) is 12.4 Å². The van der Waals surface area contributed by atoms with Crippen molar-refractivity contribution in [1.82, 2.24) is 10.2 Å². The summed E-state index contributed by atoms with van der Waals surface area (Å²) in [6.45, 7) is 7.13. The molecule has 0 aromatic carbocycles. The fourth-order valence-electron chi connectivity index (χ4n) is 1.72. The summed E-state index contributed by atoms with van der Waals surface area (Å²) < 4.78 is 5.21. The quantitative estimate of drug-likeness (QED) is 0.742. The highest BCUT2D eigenvalue weighted by molar-refractivity contribution is 5.85. The highest BCUT2D eigenvalue weighted by atomic mass is 35.5. The van der Waals surface area contributed by atoms with Crippen LogP contribution in [0.1, 0.15) is 26.2 Å². The van der Waals surface area contributed by atoms with Gasteiger partial charge in [0, 0.05) is 39.3 Å². The monoisotopic (exact) mass is 250 g/mol. The summed E-state index contributed by atoms with van der Waals surface area (Å²) in [5.74, 6) is 0.276. The number of halogens is 1. The van der Waals surface area contributed by atoms with E-state index in [1.807, 2.05) is 11.8 Å². The largest absolute Gasteiger partial charge is 0.382 e. The molecule has 0 aromatic rings. The molecule has 0 unspecified atom stereocenters. The smallest absolute Gasteiger partial charge is 0.222 e. The number of hydrogen-bond donors (Lipinski definition) is 1. The predicted octanol–water partition coefficient (Wildman–Crippen LogP) is 1.05. The minimum absolute atomic E-state index is 0. The fourth-order valence-corrected chi connectivity index (χ4v) is 1.72. The van der Waals surface area contributed by atoms with E-state index >= 15 is 0 Å². The van der Waals surface area contributed by atoms with Crippen LogP contribution in [0.4, 0.5) is 0 Å². The highest BCUT2D eigenvalue weighted by Crippen LogP contribution is 2.01. The number of amides is 1. The summed E-state index contributed by atoms with van der Waals surface area (Å²) in [4.78, 5) is 13.7. The Kier molecular flexibility index (Phi) is 9.68. The van der Waals surface area contributed by atoms with Crippen LogP contribution >= 0.6 is 12.4 Å². The Morgan fingerprint density at radius 1 is 1.38 bits per heavy atom. The molecule has 0 aliphatic carbocycles. The van der Waals surface area contributed by atoms with E-state index in [0.29, 0.717) is 13.0 Å². The number of carbonyl (C=O) groups excluding carboxylic acids is 1. The third-order valence-electron chi connectivity index (χ3n) is 2.58. The number of nitrogens with one attached hydrogen (secondary N) is 1. The second kappa shape index (κ2) is 9.87. The van der Waals surface area contributed by atoms with Crippen LogP contribution in [0.15, 0.2) is 0 Å². The third-order valence-corrected chi connectivity index (χ3v) is 2.58. The molecule has 0 radical (unpaired) electrons. The van der Waals surface area contributed by atoms with Crippen LogP contribution in [0.25, 0.3) is 0 Å². The lowest BCUT2D eigenvalue weighted by molar-refractivity contribution is -0.131. The van der Waals surface area contributed by atoms with Gasteiger partial charge < -0.3 is 15.0 Å². The molecule has 1 N–H and O–H groups in total. The summed E-state index contributed by atoms with van der Waals surface area (Å²) >= 11 is 0. The van der Waals surface area contributed by atoms with E-state index in [1.54, 1.807) is 0 Å². The molecule has 96 valence electrons. The van der Waals surface area contributed by atoms with Gasteiger partial charge in [-0.25, -0.2) is 0 Å². The molecule has 0 saturated carbocycles. The Labute approximate surface area is 104 Å². The maximum absolute atomic E-state index is 11.8. The maximum Gasteiger partial charge on any atom is 0.222 e. The number of hydrogen-bond acceptors (Lipinski definition) is 3. The molecule has 0 atom stereocenters. The van der Waals surface area contributed by atoms with Crippen LogP contribution in [0.5, 0.6) is 0 Å².